The summed E-state index contributed by atoms with van der Waals surface area (Å²) in [6.07, 6.45) is 2.80. The van der Waals surface area contributed by atoms with Crippen LogP contribution in [0.4, 0.5) is 0 Å². The van der Waals surface area contributed by atoms with Gasteiger partial charge in [0.2, 0.25) is 53.2 Å². The number of carbonyl (C=O) groups is 10. The second-order valence-corrected chi connectivity index (χ2v) is 25.5. The number of para-hydroxylation sites is 2. The van der Waals surface area contributed by atoms with Gasteiger partial charge in [-0.1, -0.05) is 125 Å². The van der Waals surface area contributed by atoms with Crippen molar-refractivity contribution in [2.24, 2.45) is 50.5 Å². The van der Waals surface area contributed by atoms with Crippen LogP contribution in [-0.2, 0) is 73.6 Å². The van der Waals surface area contributed by atoms with E-state index >= 15 is 0 Å². The van der Waals surface area contributed by atoms with Crippen molar-refractivity contribution in [3.8, 4) is 0 Å². The first-order chi connectivity index (χ1) is 48.2. The Morgan fingerprint density at radius 2 is 0.713 bits per heavy atom. The Kier molecular flexibility index (Phi) is 31.0. The van der Waals surface area contributed by atoms with Gasteiger partial charge in [-0.25, -0.2) is 4.79 Å². The van der Waals surface area contributed by atoms with Crippen molar-refractivity contribution in [3.63, 3.8) is 0 Å². The quantitative estimate of drug-likeness (QED) is 0.0123. The zero-order valence-electron chi connectivity index (χ0n) is 57.1. The number of aliphatic carboxylic acids is 1. The van der Waals surface area contributed by atoms with E-state index in [4.69, 9.17) is 28.7 Å². The van der Waals surface area contributed by atoms with Crippen molar-refractivity contribution >= 4 is 92.9 Å². The van der Waals surface area contributed by atoms with E-state index in [2.05, 4.69) is 67.8 Å². The topological polar surface area (TPSA) is 526 Å². The number of nitrogens with zero attached hydrogens (tertiary/aromatic N) is 2. The summed E-state index contributed by atoms with van der Waals surface area (Å²) >= 11 is 0. The van der Waals surface area contributed by atoms with E-state index in [-0.39, 0.29) is 101 Å². The molecule has 0 aliphatic carbocycles. The van der Waals surface area contributed by atoms with Gasteiger partial charge in [-0.2, -0.15) is 0 Å². The largest absolute Gasteiger partial charge is 0.480 e. The predicted molar refractivity (Wildman–Crippen MR) is 380 cm³/mol. The van der Waals surface area contributed by atoms with Gasteiger partial charge in [0.15, 0.2) is 11.9 Å². The molecular formula is C70H96N18O13. The molecule has 10 atom stereocenters. The minimum atomic E-state index is -1.75. The Balaban J connectivity index is 1.20. The van der Waals surface area contributed by atoms with Crippen LogP contribution >= 0.6 is 0 Å². The van der Waals surface area contributed by atoms with Gasteiger partial charge >= 0.3 is 5.97 Å². The summed E-state index contributed by atoms with van der Waals surface area (Å²) in [5.74, 6) is -10.4. The first-order valence-corrected chi connectivity index (χ1v) is 33.5. The maximum absolute atomic E-state index is 14.7. The van der Waals surface area contributed by atoms with Crippen molar-refractivity contribution in [1.29, 1.82) is 0 Å². The lowest BCUT2D eigenvalue weighted by atomic mass is 10.00. The molecule has 0 aliphatic heterocycles. The number of hydrogen-bond acceptors (Lipinski definition) is 15. The third kappa shape index (κ3) is 25.4. The number of fused-ring (bicyclic) bond motifs is 2. The average Bonchev–Trinajstić information content (AvgIpc) is 1.74. The van der Waals surface area contributed by atoms with Crippen LogP contribution in [0.5, 0.6) is 0 Å². The summed E-state index contributed by atoms with van der Waals surface area (Å²) in [4.78, 5) is 156. The van der Waals surface area contributed by atoms with E-state index in [9.17, 15) is 63.3 Å². The van der Waals surface area contributed by atoms with Gasteiger partial charge in [-0.15, -0.1) is 0 Å². The fourth-order valence-corrected chi connectivity index (χ4v) is 11.3. The number of nitrogens with two attached hydrogens (primary N) is 5. The van der Waals surface area contributed by atoms with Crippen LogP contribution < -0.4 is 76.5 Å². The van der Waals surface area contributed by atoms with Crippen molar-refractivity contribution in [2.45, 2.75) is 152 Å². The molecular weight excluding hydrogens is 1300 g/mol. The third-order valence-corrected chi connectivity index (χ3v) is 16.5. The molecule has 4 aromatic carbocycles. The number of aromatic nitrogens is 2. The van der Waals surface area contributed by atoms with Gasteiger partial charge in [0, 0.05) is 73.0 Å². The average molecular weight is 1400 g/mol. The highest BCUT2D eigenvalue weighted by molar-refractivity contribution is 5.99. The van der Waals surface area contributed by atoms with E-state index in [1.54, 1.807) is 113 Å². The maximum atomic E-state index is 14.7. The van der Waals surface area contributed by atoms with Crippen LogP contribution in [0, 0.1) is 11.8 Å². The number of aromatic amines is 2. The number of aliphatic imine (C=N–C) groups is 2. The Labute approximate surface area is 584 Å². The summed E-state index contributed by atoms with van der Waals surface area (Å²) in [6.45, 7) is 5.29. The number of nitrogens with one attached hydrogen (secondary N) is 11. The van der Waals surface area contributed by atoms with E-state index in [1.807, 2.05) is 36.4 Å². The number of rotatable bonds is 41. The molecule has 9 amide bonds. The third-order valence-electron chi connectivity index (χ3n) is 16.5. The second kappa shape index (κ2) is 39.6. The first-order valence-electron chi connectivity index (χ1n) is 33.5. The van der Waals surface area contributed by atoms with E-state index in [0.717, 1.165) is 21.8 Å². The highest BCUT2D eigenvalue weighted by Crippen LogP contribution is 2.22. The Hall–Kier alpha value is -10.9. The molecule has 0 aliphatic rings. The Morgan fingerprint density at radius 3 is 1.10 bits per heavy atom. The standard InChI is InChI=1S/C70H96N18O13/c1-39(2)29-52(62(94)80-51(26-16-28-77-70(74)75)61(93)85-55(32-42-19-9-6-10-20-42)65(97)87-57(68(100)101)34-44-36-79-49-24-14-12-22-46(44)49)84-67(99)58(38-90)88-63(95)53(30-40(3)4)83-60(92)50(25-15-27-76-69(72)73)81-64(96)54(31-41-17-7-5-8-18-41)86-66(98)56(82-59(91)47(71)37-89)33-43-35-78-48-23-13-11-21-45(43)48/h5-14,17-24,35-36,39-40,47,50-58,78-79,89-90H,15-16,25-34,37-38,71H2,1-4H3,(H,80,94)(H,81,96)(H,82,91)(H,83,92)(H,84,99)(H,85,93)(H,86,98)(H,87,97)(H,88,95)(H,100,101)(H4,72,73,76)(H4,74,75,77)/t47-,50-,51-,52-,53-,54-,55-,56-,57-,58-/m0/s1. The predicted octanol–water partition coefficient (Wildman–Crippen LogP) is -1.12. The number of carbonyl (C=O) groups excluding carboxylic acids is 9. The Bertz CT molecular complexity index is 3820. The molecule has 31 nitrogen and oxygen atoms in total. The van der Waals surface area contributed by atoms with E-state index in [1.165, 1.54) is 0 Å². The molecule has 0 unspecified atom stereocenters. The number of carboxylic acid groups (broad SMARTS) is 1. The molecule has 31 heteroatoms. The number of guanidine groups is 2. The fraction of sp³-hybridized carbons (Fsp3) is 0.429. The lowest BCUT2D eigenvalue weighted by molar-refractivity contribution is -0.142. The van der Waals surface area contributed by atoms with Crippen LogP contribution in [0.15, 0.2) is 132 Å². The molecule has 101 heavy (non-hydrogen) atoms. The number of carboxylic acids is 1. The molecule has 2 heterocycles. The highest BCUT2D eigenvalue weighted by Gasteiger charge is 2.37. The molecule has 0 saturated heterocycles. The molecule has 6 rings (SSSR count). The first kappa shape index (κ1) is 79.1. The van der Waals surface area contributed by atoms with Crippen LogP contribution in [0.25, 0.3) is 21.8 Å². The molecule has 24 N–H and O–H groups in total. The van der Waals surface area contributed by atoms with Crippen molar-refractivity contribution in [1.82, 2.24) is 57.8 Å². The summed E-state index contributed by atoms with van der Waals surface area (Å²) < 4.78 is 0. The molecule has 0 saturated carbocycles. The lowest BCUT2D eigenvalue weighted by Crippen LogP contribution is -2.61. The molecule has 2 aromatic heterocycles. The van der Waals surface area contributed by atoms with Gasteiger partial charge in [0.05, 0.1) is 13.2 Å². The number of aliphatic hydroxyl groups is 2. The molecule has 0 spiro atoms. The van der Waals surface area contributed by atoms with Crippen molar-refractivity contribution in [3.05, 3.63) is 144 Å². The lowest BCUT2D eigenvalue weighted by Gasteiger charge is -2.29. The van der Waals surface area contributed by atoms with Gasteiger partial charge in [0.25, 0.3) is 0 Å². The van der Waals surface area contributed by atoms with Crippen molar-refractivity contribution < 1.29 is 63.3 Å². The van der Waals surface area contributed by atoms with Gasteiger partial charge in [0.1, 0.15) is 60.4 Å². The normalized spacial score (nSPS) is 14.2. The molecule has 0 radical (unpaired) electrons. The SMILES string of the molecule is CC(C)C[C@H](NC(=O)[C@H](CO)NC(=O)[C@H](CC(C)C)NC(=O)[C@H](CCCN=C(N)N)NC(=O)[C@H](Cc1ccccc1)NC(=O)[C@H](Cc1c[nH]c2ccccc12)NC(=O)[C@@H](N)CO)C(=O)N[C@@H](CCCN=C(N)N)C(=O)N[C@@H](Cc1ccccc1)C(=O)N[C@@H](Cc1c[nH]c2ccccc12)C(=O)O. The van der Waals surface area contributed by atoms with Crippen molar-refractivity contribution in [2.75, 3.05) is 26.3 Å². The van der Waals surface area contributed by atoms with Gasteiger partial charge < -0.3 is 102 Å². The number of H-pyrrole nitrogens is 2. The number of benzene rings is 4. The minimum Gasteiger partial charge on any atom is -0.480 e. The van der Waals surface area contributed by atoms with Gasteiger partial charge in [-0.05, 0) is 84.7 Å². The molecule has 544 valence electrons. The summed E-state index contributed by atoms with van der Waals surface area (Å²) in [6, 6.07) is 17.3. The molecule has 6 aromatic rings. The summed E-state index contributed by atoms with van der Waals surface area (Å²) in [5.41, 5.74) is 32.2. The summed E-state index contributed by atoms with van der Waals surface area (Å²) in [7, 11) is 0. The number of amides is 9. The second-order valence-electron chi connectivity index (χ2n) is 25.5. The maximum Gasteiger partial charge on any atom is 0.326 e. The minimum absolute atomic E-state index is 0.00224. The van der Waals surface area contributed by atoms with E-state index < -0.39 is 133 Å². The zero-order chi connectivity index (χ0) is 73.7. The monoisotopic (exact) mass is 1400 g/mol. The van der Waals surface area contributed by atoms with Crippen LogP contribution in [0.2, 0.25) is 0 Å². The van der Waals surface area contributed by atoms with Crippen LogP contribution in [0.1, 0.15) is 88.5 Å². The summed E-state index contributed by atoms with van der Waals surface area (Å²) in [5, 5.41) is 56.2. The number of aliphatic hydroxyl groups excluding tert-OH is 2. The number of hydrogen-bond donors (Lipinski definition) is 19. The van der Waals surface area contributed by atoms with E-state index in [0.29, 0.717) is 22.3 Å². The molecule has 0 fully saturated rings. The smallest absolute Gasteiger partial charge is 0.326 e. The zero-order valence-corrected chi connectivity index (χ0v) is 57.1. The van der Waals surface area contributed by atoms with Gasteiger partial charge in [-0.3, -0.25) is 53.1 Å². The highest BCUT2D eigenvalue weighted by atomic mass is 16.4. The van der Waals surface area contributed by atoms with Crippen LogP contribution in [0.3, 0.4) is 0 Å². The Morgan fingerprint density at radius 1 is 0.396 bits per heavy atom. The van der Waals surface area contributed by atoms with Crippen LogP contribution in [-0.4, -0.2) is 183 Å². The molecule has 0 bridgehead atoms. The fourth-order valence-electron chi connectivity index (χ4n) is 11.3.